The molecule has 2 unspecified atom stereocenters. The van der Waals surface area contributed by atoms with Gasteiger partial charge in [0.2, 0.25) is 35.4 Å². The van der Waals surface area contributed by atoms with Gasteiger partial charge in [-0.05, 0) is 6.42 Å². The molecular weight excluding hydrogens is 534 g/mol. The number of aliphatic hydroxyl groups excluding tert-OH is 1. The molecule has 5 N–H and O–H groups in total. The molecule has 0 aromatic heterocycles. The van der Waals surface area contributed by atoms with Gasteiger partial charge < -0.3 is 35.8 Å². The Morgan fingerprint density at radius 3 is 2.31 bits per heavy atom. The first kappa shape index (κ1) is 34.3. The van der Waals surface area contributed by atoms with E-state index in [0.29, 0.717) is 19.8 Å². The first-order chi connectivity index (χ1) is 18.7. The number of amides is 6. The minimum atomic E-state index is -0.920. The number of carbonyl (C=O) groups is 6. The van der Waals surface area contributed by atoms with Crippen molar-refractivity contribution in [3.05, 3.63) is 0 Å². The van der Waals surface area contributed by atoms with E-state index in [1.807, 2.05) is 6.92 Å². The van der Waals surface area contributed by atoms with Crippen LogP contribution in [0.2, 0.25) is 0 Å². The van der Waals surface area contributed by atoms with E-state index in [4.69, 9.17) is 14.6 Å². The van der Waals surface area contributed by atoms with Crippen molar-refractivity contribution < 1.29 is 43.3 Å². The molecule has 15 heteroatoms. The summed E-state index contributed by atoms with van der Waals surface area (Å²) in [5.74, 6) is -2.10. The van der Waals surface area contributed by atoms with Crippen molar-refractivity contribution in [1.82, 2.24) is 26.2 Å². The third-order valence-corrected chi connectivity index (χ3v) is 6.62. The maximum Gasteiger partial charge on any atom is 0.243 e. The van der Waals surface area contributed by atoms with Crippen molar-refractivity contribution in [3.63, 3.8) is 0 Å². The molecule has 0 saturated carbocycles. The number of carbonyl (C=O) groups excluding carboxylic acids is 6. The molecule has 1 aliphatic rings. The van der Waals surface area contributed by atoms with E-state index in [2.05, 4.69) is 21.3 Å². The van der Waals surface area contributed by atoms with Gasteiger partial charge in [0.05, 0.1) is 38.3 Å². The number of nitrogens with one attached hydrogen (secondary N) is 4. The Bertz CT molecular complexity index is 830. The minimum absolute atomic E-state index is 0.0600. The fraction of sp³-hybridized carbons (Fsp3) is 0.750. The largest absolute Gasteiger partial charge is 0.395 e. The van der Waals surface area contributed by atoms with Crippen LogP contribution in [-0.2, 0) is 38.2 Å². The van der Waals surface area contributed by atoms with Gasteiger partial charge in [-0.25, -0.2) is 0 Å². The van der Waals surface area contributed by atoms with Gasteiger partial charge in [-0.15, -0.1) is 11.8 Å². The van der Waals surface area contributed by atoms with Crippen molar-refractivity contribution in [2.45, 2.75) is 50.8 Å². The highest BCUT2D eigenvalue weighted by Crippen LogP contribution is 2.26. The van der Waals surface area contributed by atoms with E-state index >= 15 is 0 Å². The smallest absolute Gasteiger partial charge is 0.243 e. The van der Waals surface area contributed by atoms with Crippen LogP contribution in [0, 0.1) is 0 Å². The molecule has 6 amide bonds. The van der Waals surface area contributed by atoms with E-state index in [-0.39, 0.29) is 76.3 Å². The summed E-state index contributed by atoms with van der Waals surface area (Å²) < 4.78 is 10.7. The SMILES string of the molecule is CCCNC(=O)CCOCCOCCNC(=O)C(CSC1CC(=O)N(CCC(=O)NCCO)C1=O)NC(C)=O. The molecule has 0 spiro atoms. The molecule has 222 valence electrons. The standard InChI is InChI=1S/C24H41N5O9S/c1-3-6-25-21(33)5-11-37-13-14-38-12-8-27-23(35)18(28-17(2)31)16-39-19-15-22(34)29(24(19)36)9-4-20(32)26-7-10-30/h18-19,30H,3-16H2,1-2H3,(H,25,33)(H,26,32)(H,27,35)(H,28,31). The number of imide groups is 1. The predicted molar refractivity (Wildman–Crippen MR) is 142 cm³/mol. The topological polar surface area (TPSA) is 192 Å². The zero-order chi connectivity index (χ0) is 29.0. The van der Waals surface area contributed by atoms with E-state index in [0.717, 1.165) is 23.1 Å². The van der Waals surface area contributed by atoms with Crippen molar-refractivity contribution in [3.8, 4) is 0 Å². The lowest BCUT2D eigenvalue weighted by molar-refractivity contribution is -0.138. The number of hydrogen-bond acceptors (Lipinski definition) is 10. The van der Waals surface area contributed by atoms with Gasteiger partial charge in [0.1, 0.15) is 6.04 Å². The van der Waals surface area contributed by atoms with Gasteiger partial charge in [0.25, 0.3) is 0 Å². The maximum atomic E-state index is 12.6. The van der Waals surface area contributed by atoms with Crippen LogP contribution in [0.15, 0.2) is 0 Å². The van der Waals surface area contributed by atoms with E-state index in [1.165, 1.54) is 6.92 Å². The van der Waals surface area contributed by atoms with Gasteiger partial charge >= 0.3 is 0 Å². The first-order valence-corrected chi connectivity index (χ1v) is 14.0. The van der Waals surface area contributed by atoms with Crippen LogP contribution < -0.4 is 21.3 Å². The summed E-state index contributed by atoms with van der Waals surface area (Å²) in [6.07, 6.45) is 1.02. The van der Waals surface area contributed by atoms with Gasteiger partial charge in [0, 0.05) is 58.1 Å². The lowest BCUT2D eigenvalue weighted by Crippen LogP contribution is -2.48. The molecule has 0 aliphatic carbocycles. The van der Waals surface area contributed by atoms with Crippen LogP contribution in [0.1, 0.15) is 39.5 Å². The quantitative estimate of drug-likeness (QED) is 0.0749. The van der Waals surface area contributed by atoms with Gasteiger partial charge in [0.15, 0.2) is 0 Å². The average molecular weight is 576 g/mol. The van der Waals surface area contributed by atoms with Crippen molar-refractivity contribution in [2.75, 3.05) is 65.0 Å². The van der Waals surface area contributed by atoms with Crippen molar-refractivity contribution in [1.29, 1.82) is 0 Å². The lowest BCUT2D eigenvalue weighted by atomic mass is 10.3. The van der Waals surface area contributed by atoms with Crippen LogP contribution in [0.5, 0.6) is 0 Å². The zero-order valence-corrected chi connectivity index (χ0v) is 23.4. The van der Waals surface area contributed by atoms with Crippen molar-refractivity contribution >= 4 is 47.2 Å². The summed E-state index contributed by atoms with van der Waals surface area (Å²) in [5.41, 5.74) is 0. The third kappa shape index (κ3) is 14.8. The number of hydrogen-bond donors (Lipinski definition) is 5. The summed E-state index contributed by atoms with van der Waals surface area (Å²) in [5, 5.41) is 18.5. The molecule has 0 bridgehead atoms. The summed E-state index contributed by atoms with van der Waals surface area (Å²) in [6, 6.07) is -0.920. The number of aliphatic hydroxyl groups is 1. The van der Waals surface area contributed by atoms with Gasteiger partial charge in [-0.2, -0.15) is 0 Å². The molecule has 0 aromatic carbocycles. The molecular formula is C24H41N5O9S. The first-order valence-electron chi connectivity index (χ1n) is 13.0. The highest BCUT2D eigenvalue weighted by Gasteiger charge is 2.39. The number of rotatable bonds is 21. The Balaban J connectivity index is 2.33. The molecule has 1 aliphatic heterocycles. The van der Waals surface area contributed by atoms with Gasteiger partial charge in [-0.3, -0.25) is 33.7 Å². The summed E-state index contributed by atoms with van der Waals surface area (Å²) >= 11 is 1.09. The minimum Gasteiger partial charge on any atom is -0.395 e. The number of likely N-dealkylation sites (tertiary alicyclic amines) is 1. The Kier molecular flexibility index (Phi) is 17.7. The fourth-order valence-electron chi connectivity index (χ4n) is 3.36. The molecule has 0 aromatic rings. The molecule has 1 heterocycles. The summed E-state index contributed by atoms with van der Waals surface area (Å²) in [6.45, 7) is 4.98. The predicted octanol–water partition coefficient (Wildman–Crippen LogP) is -2.08. The highest BCUT2D eigenvalue weighted by atomic mass is 32.2. The molecule has 1 saturated heterocycles. The molecule has 14 nitrogen and oxygen atoms in total. The Labute approximate surface area is 232 Å². The Morgan fingerprint density at radius 1 is 0.974 bits per heavy atom. The van der Waals surface area contributed by atoms with Gasteiger partial charge in [-0.1, -0.05) is 6.92 Å². The Morgan fingerprint density at radius 2 is 1.64 bits per heavy atom. The average Bonchev–Trinajstić information content (AvgIpc) is 3.17. The van der Waals surface area contributed by atoms with Crippen LogP contribution in [0.25, 0.3) is 0 Å². The van der Waals surface area contributed by atoms with Crippen molar-refractivity contribution in [2.24, 2.45) is 0 Å². The normalized spacial score (nSPS) is 15.7. The Hall–Kier alpha value is -2.75. The molecule has 1 rings (SSSR count). The number of nitrogens with zero attached hydrogens (tertiary/aromatic N) is 1. The summed E-state index contributed by atoms with van der Waals surface area (Å²) in [4.78, 5) is 73.3. The molecule has 39 heavy (non-hydrogen) atoms. The highest BCUT2D eigenvalue weighted by molar-refractivity contribution is 8.00. The van der Waals surface area contributed by atoms with E-state index in [9.17, 15) is 28.8 Å². The molecule has 1 fully saturated rings. The molecule has 0 radical (unpaired) electrons. The lowest BCUT2D eigenvalue weighted by Gasteiger charge is -2.19. The second-order valence-corrected chi connectivity index (χ2v) is 9.84. The monoisotopic (exact) mass is 575 g/mol. The second kappa shape index (κ2) is 20.2. The fourth-order valence-corrected chi connectivity index (χ4v) is 4.55. The summed E-state index contributed by atoms with van der Waals surface area (Å²) in [7, 11) is 0. The number of ether oxygens (including phenoxy) is 2. The molecule has 2 atom stereocenters. The van der Waals surface area contributed by atoms with Crippen LogP contribution in [0.3, 0.4) is 0 Å². The zero-order valence-electron chi connectivity index (χ0n) is 22.6. The third-order valence-electron chi connectivity index (χ3n) is 5.32. The van der Waals surface area contributed by atoms with Crippen LogP contribution in [-0.4, -0.2) is 122 Å². The van der Waals surface area contributed by atoms with Crippen LogP contribution >= 0.6 is 11.8 Å². The van der Waals surface area contributed by atoms with Crippen LogP contribution in [0.4, 0.5) is 0 Å². The number of thioether (sulfide) groups is 1. The maximum absolute atomic E-state index is 12.6. The van der Waals surface area contributed by atoms with E-state index in [1.54, 1.807) is 0 Å². The van der Waals surface area contributed by atoms with E-state index < -0.39 is 34.9 Å². The second-order valence-electron chi connectivity index (χ2n) is 8.60.